The van der Waals surface area contributed by atoms with Crippen molar-refractivity contribution in [2.24, 2.45) is 5.10 Å². The quantitative estimate of drug-likeness (QED) is 0.468. The molecule has 0 saturated heterocycles. The van der Waals surface area contributed by atoms with E-state index >= 15 is 0 Å². The highest BCUT2D eigenvalue weighted by atomic mass is 35.5. The molecule has 0 saturated carbocycles. The maximum atomic E-state index is 12.4. The SMILES string of the molecule is CC/C(=N/NS(=O)(=O)c1ccc(C)c([N+](=O)[O-])c1)c1ccc(Cl)cc1. The Morgan fingerprint density at radius 3 is 2.44 bits per heavy atom. The summed E-state index contributed by atoms with van der Waals surface area (Å²) in [6.45, 7) is 3.37. The van der Waals surface area contributed by atoms with E-state index in [9.17, 15) is 18.5 Å². The molecule has 1 N–H and O–H groups in total. The predicted molar refractivity (Wildman–Crippen MR) is 96.4 cm³/mol. The van der Waals surface area contributed by atoms with Crippen LogP contribution < -0.4 is 4.83 Å². The van der Waals surface area contributed by atoms with Crippen LogP contribution in [0.5, 0.6) is 0 Å². The molecule has 0 amide bonds. The summed E-state index contributed by atoms with van der Waals surface area (Å²) in [6, 6.07) is 10.5. The first kappa shape index (κ1) is 18.9. The lowest BCUT2D eigenvalue weighted by atomic mass is 10.1. The third kappa shape index (κ3) is 4.55. The van der Waals surface area contributed by atoms with Crippen LogP contribution in [0.3, 0.4) is 0 Å². The molecule has 0 bridgehead atoms. The average molecular weight is 382 g/mol. The molecule has 0 fully saturated rings. The van der Waals surface area contributed by atoms with Crippen molar-refractivity contribution in [3.8, 4) is 0 Å². The van der Waals surface area contributed by atoms with E-state index in [1.54, 1.807) is 24.3 Å². The predicted octanol–water partition coefficient (Wildman–Crippen LogP) is 3.65. The second kappa shape index (κ2) is 7.62. The zero-order valence-electron chi connectivity index (χ0n) is 13.6. The van der Waals surface area contributed by atoms with Crippen LogP contribution in [0, 0.1) is 17.0 Å². The number of nitrogens with one attached hydrogen (secondary N) is 1. The zero-order chi connectivity index (χ0) is 18.6. The third-order valence-corrected chi connectivity index (χ3v) is 4.96. The molecule has 0 aliphatic rings. The maximum Gasteiger partial charge on any atom is 0.276 e. The van der Waals surface area contributed by atoms with Crippen LogP contribution in [0.25, 0.3) is 0 Å². The molecule has 25 heavy (non-hydrogen) atoms. The van der Waals surface area contributed by atoms with Crippen molar-refractivity contribution in [3.05, 3.63) is 68.7 Å². The van der Waals surface area contributed by atoms with Gasteiger partial charge < -0.3 is 0 Å². The van der Waals surface area contributed by atoms with Crippen molar-refractivity contribution < 1.29 is 13.3 Å². The number of hydrogen-bond donors (Lipinski definition) is 1. The minimum atomic E-state index is -4.02. The molecule has 0 unspecified atom stereocenters. The Morgan fingerprint density at radius 2 is 1.88 bits per heavy atom. The summed E-state index contributed by atoms with van der Waals surface area (Å²) < 4.78 is 24.7. The fourth-order valence-corrected chi connectivity index (χ4v) is 3.09. The fourth-order valence-electron chi connectivity index (χ4n) is 2.11. The molecule has 0 heterocycles. The number of nitro groups is 1. The van der Waals surface area contributed by atoms with Gasteiger partial charge in [0.2, 0.25) is 0 Å². The lowest BCUT2D eigenvalue weighted by molar-refractivity contribution is -0.385. The summed E-state index contributed by atoms with van der Waals surface area (Å²) in [4.78, 5) is 12.3. The smallest absolute Gasteiger partial charge is 0.258 e. The molecule has 132 valence electrons. The number of sulfonamides is 1. The van der Waals surface area contributed by atoms with E-state index in [-0.39, 0.29) is 10.6 Å². The van der Waals surface area contributed by atoms with Crippen LogP contribution in [0.15, 0.2) is 52.5 Å². The molecule has 9 heteroatoms. The van der Waals surface area contributed by atoms with Gasteiger partial charge in [-0.2, -0.15) is 18.4 Å². The van der Waals surface area contributed by atoms with Crippen molar-refractivity contribution in [2.75, 3.05) is 0 Å². The minimum Gasteiger partial charge on any atom is -0.258 e. The van der Waals surface area contributed by atoms with Crippen molar-refractivity contribution in [2.45, 2.75) is 25.2 Å². The van der Waals surface area contributed by atoms with Gasteiger partial charge in [-0.3, -0.25) is 10.1 Å². The summed E-state index contributed by atoms with van der Waals surface area (Å²) in [7, 11) is -4.02. The van der Waals surface area contributed by atoms with Gasteiger partial charge in [0, 0.05) is 16.7 Å². The standard InChI is InChI=1S/C16H16ClN3O4S/c1-3-15(12-5-7-13(17)8-6-12)18-19-25(23,24)14-9-4-11(2)16(10-14)20(21)22/h4-10,19H,3H2,1-2H3/b18-15-. The number of rotatable bonds is 6. The molecule has 0 atom stereocenters. The first-order valence-corrected chi connectivity index (χ1v) is 9.20. The van der Waals surface area contributed by atoms with Gasteiger partial charge in [0.05, 0.1) is 15.5 Å². The number of nitro benzene ring substituents is 1. The zero-order valence-corrected chi connectivity index (χ0v) is 15.1. The molecule has 0 aliphatic carbocycles. The minimum absolute atomic E-state index is 0.222. The Morgan fingerprint density at radius 1 is 1.24 bits per heavy atom. The van der Waals surface area contributed by atoms with E-state index in [2.05, 4.69) is 9.93 Å². The molecule has 2 aromatic rings. The second-order valence-corrected chi connectivity index (χ2v) is 7.32. The third-order valence-electron chi connectivity index (χ3n) is 3.50. The van der Waals surface area contributed by atoms with E-state index in [0.717, 1.165) is 11.6 Å². The first-order chi connectivity index (χ1) is 11.7. The van der Waals surface area contributed by atoms with Gasteiger partial charge in [0.25, 0.3) is 15.7 Å². The van der Waals surface area contributed by atoms with Crippen molar-refractivity contribution in [3.63, 3.8) is 0 Å². The molecular formula is C16H16ClN3O4S. The summed E-state index contributed by atoms with van der Waals surface area (Å²) in [5, 5.41) is 15.5. The van der Waals surface area contributed by atoms with Crippen molar-refractivity contribution >= 4 is 33.0 Å². The molecule has 0 aliphatic heterocycles. The lowest BCUT2D eigenvalue weighted by Gasteiger charge is -2.08. The van der Waals surface area contributed by atoms with E-state index in [1.807, 2.05) is 6.92 Å². The monoisotopic (exact) mass is 381 g/mol. The Balaban J connectivity index is 2.33. The van der Waals surface area contributed by atoms with E-state index in [0.29, 0.717) is 22.7 Å². The van der Waals surface area contributed by atoms with Crippen LogP contribution in [0.1, 0.15) is 24.5 Å². The van der Waals surface area contributed by atoms with Gasteiger partial charge in [0.1, 0.15) is 0 Å². The van der Waals surface area contributed by atoms with Crippen LogP contribution >= 0.6 is 11.6 Å². The normalized spacial score (nSPS) is 12.0. The molecule has 0 aromatic heterocycles. The number of benzene rings is 2. The summed E-state index contributed by atoms with van der Waals surface area (Å²) in [6.07, 6.45) is 0.484. The first-order valence-electron chi connectivity index (χ1n) is 7.34. The summed E-state index contributed by atoms with van der Waals surface area (Å²) in [5.74, 6) is 0. The lowest BCUT2D eigenvalue weighted by Crippen LogP contribution is -2.20. The summed E-state index contributed by atoms with van der Waals surface area (Å²) in [5.41, 5.74) is 1.36. The van der Waals surface area contributed by atoms with Crippen molar-refractivity contribution in [1.29, 1.82) is 0 Å². The largest absolute Gasteiger partial charge is 0.276 e. The van der Waals surface area contributed by atoms with E-state index in [1.165, 1.54) is 19.1 Å². The highest BCUT2D eigenvalue weighted by molar-refractivity contribution is 7.89. The number of aryl methyl sites for hydroxylation is 1. The Labute approximate surface area is 150 Å². The number of nitrogens with zero attached hydrogens (tertiary/aromatic N) is 2. The average Bonchev–Trinajstić information content (AvgIpc) is 2.56. The van der Waals surface area contributed by atoms with Gasteiger partial charge in [-0.05, 0) is 37.1 Å². The van der Waals surface area contributed by atoms with Crippen LogP contribution in [-0.4, -0.2) is 19.1 Å². The van der Waals surface area contributed by atoms with Crippen molar-refractivity contribution in [1.82, 2.24) is 4.83 Å². The number of hydrazone groups is 1. The van der Waals surface area contributed by atoms with E-state index < -0.39 is 14.9 Å². The van der Waals surface area contributed by atoms with Gasteiger partial charge in [-0.25, -0.2) is 0 Å². The number of hydrogen-bond acceptors (Lipinski definition) is 5. The topological polar surface area (TPSA) is 102 Å². The van der Waals surface area contributed by atoms with Crippen LogP contribution in [0.4, 0.5) is 5.69 Å². The molecule has 0 radical (unpaired) electrons. The molecule has 7 nitrogen and oxygen atoms in total. The maximum absolute atomic E-state index is 12.4. The molecular weight excluding hydrogens is 366 g/mol. The highest BCUT2D eigenvalue weighted by Gasteiger charge is 2.19. The van der Waals surface area contributed by atoms with Crippen LogP contribution in [0.2, 0.25) is 5.02 Å². The molecule has 2 aromatic carbocycles. The number of halogens is 1. The molecule has 2 rings (SSSR count). The van der Waals surface area contributed by atoms with E-state index in [4.69, 9.17) is 11.6 Å². The fraction of sp³-hybridized carbons (Fsp3) is 0.188. The Hall–Kier alpha value is -2.45. The van der Waals surface area contributed by atoms with Gasteiger partial charge >= 0.3 is 0 Å². The Bertz CT molecular complexity index is 925. The van der Waals surface area contributed by atoms with Crippen LogP contribution in [-0.2, 0) is 10.0 Å². The second-order valence-electron chi connectivity index (χ2n) is 5.22. The Kier molecular flexibility index (Phi) is 5.76. The molecule has 0 spiro atoms. The van der Waals surface area contributed by atoms with Gasteiger partial charge in [-0.1, -0.05) is 36.7 Å². The van der Waals surface area contributed by atoms with Gasteiger partial charge in [-0.15, -0.1) is 0 Å². The van der Waals surface area contributed by atoms with Gasteiger partial charge in [0.15, 0.2) is 0 Å². The summed E-state index contributed by atoms with van der Waals surface area (Å²) >= 11 is 5.84. The highest BCUT2D eigenvalue weighted by Crippen LogP contribution is 2.22.